The molecule has 0 radical (unpaired) electrons. The van der Waals surface area contributed by atoms with Gasteiger partial charge in [0.1, 0.15) is 26.9 Å². The number of benzene rings is 9. The quantitative estimate of drug-likeness (QED) is 0.0239. The van der Waals surface area contributed by atoms with Crippen LogP contribution in [0.4, 0.5) is 36.2 Å². The van der Waals surface area contributed by atoms with Crippen molar-refractivity contribution in [2.24, 2.45) is 0 Å². The average molecular weight is 2000 g/mol. The van der Waals surface area contributed by atoms with E-state index in [2.05, 4.69) is 129 Å². The first-order valence-corrected chi connectivity index (χ1v) is 51.8. The van der Waals surface area contributed by atoms with Crippen LogP contribution >= 0.6 is 23.5 Å². The topological polar surface area (TPSA) is 382 Å². The summed E-state index contributed by atoms with van der Waals surface area (Å²) in [6.45, 7) is 15.0. The second-order valence-electron chi connectivity index (χ2n) is 37.8. The van der Waals surface area contributed by atoms with Crippen molar-refractivity contribution < 1.29 is 59.9 Å². The SMILES string of the molecule is CCNc1nnc(-c2ccc(C3CCN(C(=O)CN4CC[C@@](SC)(C(=O)Nc5ccc6[nH]nc(-c7ccc(F)cc7)c6c5)C4)CC3)cc2)o1.CCc1nnc(-c2ccc(C3CCN(C(=O)CN4CC[C@@](OC)(C(=O)Nc5ccc6[nH]nc(-c7ccc(F)cc7)c6c5)C4)CC3)cc2)o1.CCc1nnc(-c2ccc(C3CCN(C(=O)CN4CC[C@@](SC)(C(=O)Nc5ccc6[nH]nc(-c7ccc(F)cc7)c6c5)C4)CC3)cc2)o1. The van der Waals surface area contributed by atoms with Crippen molar-refractivity contribution in [1.82, 2.24) is 90.6 Å². The fraction of sp³-hybridized carbons (Fsp3) is 0.361. The van der Waals surface area contributed by atoms with E-state index in [1.54, 1.807) is 49.6 Å². The van der Waals surface area contributed by atoms with E-state index in [-0.39, 0.29) is 59.4 Å². The molecule has 32 nitrogen and oxygen atoms in total. The summed E-state index contributed by atoms with van der Waals surface area (Å²) in [6.07, 6.45) is 12.5. The van der Waals surface area contributed by atoms with E-state index in [0.717, 1.165) is 105 Å². The molecule has 0 aliphatic carbocycles. The third kappa shape index (κ3) is 22.4. The Bertz CT molecular complexity index is 6820. The Hall–Kier alpha value is -14.2. The number of amides is 6. The van der Waals surface area contributed by atoms with Crippen LogP contribution in [0.1, 0.15) is 125 Å². The first kappa shape index (κ1) is 99.5. The molecule has 6 fully saturated rings. The fourth-order valence-corrected chi connectivity index (χ4v) is 22.0. The molecule has 0 saturated carbocycles. The largest absolute Gasteiger partial charge is 0.421 e. The number of carbonyl (C=O) groups is 6. The summed E-state index contributed by atoms with van der Waals surface area (Å²) in [6, 6.07) is 60.5. The molecule has 7 N–H and O–H groups in total. The Morgan fingerprint density at radius 1 is 0.386 bits per heavy atom. The Balaban J connectivity index is 0.000000137. The lowest BCUT2D eigenvalue weighted by molar-refractivity contribution is -0.138. The van der Waals surface area contributed by atoms with E-state index in [0.29, 0.717) is 218 Å². The number of likely N-dealkylation sites (tertiary alicyclic amines) is 6. The molecule has 21 rings (SSSR count). The number of aryl methyl sites for hydroxylation is 2. The number of fused-ring (bicyclic) bond motifs is 3. The van der Waals surface area contributed by atoms with Gasteiger partial charge in [-0.25, -0.2) is 13.2 Å². The van der Waals surface area contributed by atoms with Crippen molar-refractivity contribution >= 4 is 115 Å². The van der Waals surface area contributed by atoms with Crippen LogP contribution in [0.15, 0.2) is 213 Å². The third-order valence-corrected chi connectivity index (χ3v) is 31.6. The summed E-state index contributed by atoms with van der Waals surface area (Å²) in [7, 11) is 1.54. The third-order valence-electron chi connectivity index (χ3n) is 29.0. The molecule has 0 bridgehead atoms. The van der Waals surface area contributed by atoms with Gasteiger partial charge in [0.05, 0.1) is 53.3 Å². The second kappa shape index (κ2) is 44.1. The first-order valence-electron chi connectivity index (χ1n) is 49.4. The maximum atomic E-state index is 13.7. The second-order valence-corrected chi connectivity index (χ2v) is 40.2. The van der Waals surface area contributed by atoms with Crippen LogP contribution in [0.5, 0.6) is 0 Å². The van der Waals surface area contributed by atoms with E-state index >= 15 is 0 Å². The number of aromatic nitrogens is 12. The summed E-state index contributed by atoms with van der Waals surface area (Å²) in [4.78, 5) is 93.3. The van der Waals surface area contributed by atoms with Gasteiger partial charge in [-0.05, 0) is 275 Å². The minimum Gasteiger partial charge on any atom is -0.421 e. The molecule has 6 amide bonds. The van der Waals surface area contributed by atoms with Gasteiger partial charge in [0, 0.05) is 172 Å². The highest BCUT2D eigenvalue weighted by Crippen LogP contribution is 2.43. The molecular weight excluding hydrogens is 1890 g/mol. The van der Waals surface area contributed by atoms with E-state index in [1.165, 1.54) is 76.6 Å². The lowest BCUT2D eigenvalue weighted by Gasteiger charge is -2.33. The molecule has 6 aromatic heterocycles. The number of methoxy groups -OCH3 is 1. The molecule has 0 unspecified atom stereocenters. The molecule has 9 aromatic carbocycles. The van der Waals surface area contributed by atoms with Gasteiger partial charge in [0.25, 0.3) is 5.91 Å². The molecule has 6 saturated heterocycles. The predicted molar refractivity (Wildman–Crippen MR) is 554 cm³/mol. The van der Waals surface area contributed by atoms with E-state index < -0.39 is 15.1 Å². The minimum absolute atomic E-state index is 0.0676. The number of H-pyrrole nitrogens is 3. The van der Waals surface area contributed by atoms with Gasteiger partial charge < -0.3 is 54.0 Å². The Kier molecular flexibility index (Phi) is 30.3. The Labute approximate surface area is 844 Å². The molecule has 12 heterocycles. The van der Waals surface area contributed by atoms with Gasteiger partial charge in [-0.3, -0.25) is 58.8 Å². The standard InChI is InChI=1S/C36H39FN8O3S.C36H38FN7O4.C36H38FN7O3S/c1-3-38-35-43-42-33(48-35)26-6-4-23(5-7-26)24-14-17-45(18-15-24)31(46)21-44-19-16-36(22-44,49-2)34(47)39-28-12-13-30-29(20-28)32(41-40-30)25-8-10-27(37)11-9-25;1-3-31-40-42-34(48-31)26-6-4-23(5-7-26)24-14-17-44(18-15-24)32(45)21-43-19-16-36(22-43,47-2)35(46)38-28-12-13-30-29(20-28)33(41-39-30)25-8-10-27(37)11-9-25;1-3-31-40-42-34(47-31)26-6-4-23(5-7-26)24-14-17-44(18-15-24)32(45)21-43-19-16-36(22-43,48-2)35(46)38-28-12-13-30-29(20-28)33(41-39-30)25-8-10-27(37)11-9-25/h4-13,20,24H,3,14-19,21-22H2,1-2H3,(H,38,43)(H,39,47)(H,40,41);2*4-13,20,24H,3,14-19,21-22H2,1-2H3,(H,38,46)(H,39,41)/t3*36-/m000/s1. The number of ether oxygens (including phenoxy) is 1. The van der Waals surface area contributed by atoms with Crippen LogP contribution in [0.25, 0.3) is 101 Å². The number of piperidine rings is 3. The number of aromatic amines is 3. The van der Waals surface area contributed by atoms with Crippen molar-refractivity contribution in [3.8, 4) is 68.1 Å². The van der Waals surface area contributed by atoms with Gasteiger partial charge >= 0.3 is 6.01 Å². The van der Waals surface area contributed by atoms with Crippen LogP contribution in [-0.2, 0) is 46.3 Å². The molecular formula is C108H115F3N22O10S2. The summed E-state index contributed by atoms with van der Waals surface area (Å²) in [5, 5.41) is 61.5. The number of rotatable bonds is 28. The lowest BCUT2D eigenvalue weighted by Crippen LogP contribution is -2.48. The van der Waals surface area contributed by atoms with E-state index in [9.17, 15) is 41.9 Å². The van der Waals surface area contributed by atoms with Crippen molar-refractivity contribution in [3.05, 3.63) is 246 Å². The summed E-state index contributed by atoms with van der Waals surface area (Å²) in [5.41, 5.74) is 14.1. The molecule has 145 heavy (non-hydrogen) atoms. The maximum absolute atomic E-state index is 13.7. The lowest BCUT2D eigenvalue weighted by atomic mass is 9.89. The van der Waals surface area contributed by atoms with Crippen LogP contribution in [0, 0.1) is 17.5 Å². The Morgan fingerprint density at radius 2 is 0.703 bits per heavy atom. The summed E-state index contributed by atoms with van der Waals surface area (Å²) >= 11 is 3.07. The highest BCUT2D eigenvalue weighted by molar-refractivity contribution is 8.01. The highest BCUT2D eigenvalue weighted by Gasteiger charge is 2.49. The van der Waals surface area contributed by atoms with Crippen LogP contribution < -0.4 is 21.3 Å². The van der Waals surface area contributed by atoms with Crippen molar-refractivity contribution in [1.29, 1.82) is 0 Å². The fourth-order valence-electron chi connectivity index (χ4n) is 20.3. The molecule has 37 heteroatoms. The van der Waals surface area contributed by atoms with Crippen molar-refractivity contribution in [2.75, 3.05) is 146 Å². The molecule has 3 atom stereocenters. The van der Waals surface area contributed by atoms with Crippen LogP contribution in [-0.4, -0.2) is 265 Å². The number of hydrogen-bond donors (Lipinski definition) is 7. The molecule has 0 spiro atoms. The van der Waals surface area contributed by atoms with Gasteiger partial charge in [0.15, 0.2) is 5.60 Å². The van der Waals surface area contributed by atoms with Gasteiger partial charge in [-0.2, -0.15) is 15.3 Å². The molecule has 15 aromatic rings. The Morgan fingerprint density at radius 3 is 1.03 bits per heavy atom. The number of thioether (sulfide) groups is 2. The van der Waals surface area contributed by atoms with Crippen molar-refractivity contribution in [3.63, 3.8) is 0 Å². The van der Waals surface area contributed by atoms with Crippen LogP contribution in [0.3, 0.4) is 0 Å². The predicted octanol–water partition coefficient (Wildman–Crippen LogP) is 17.6. The van der Waals surface area contributed by atoms with Gasteiger partial charge in [-0.15, -0.1) is 49.0 Å². The highest BCUT2D eigenvalue weighted by atomic mass is 32.2. The average Bonchev–Trinajstić information content (AvgIpc) is 1.65. The smallest absolute Gasteiger partial charge is 0.315 e. The molecule has 6 aliphatic heterocycles. The summed E-state index contributed by atoms with van der Waals surface area (Å²) in [5.74, 6) is 2.90. The van der Waals surface area contributed by atoms with Gasteiger partial charge in [-0.1, -0.05) is 55.3 Å². The minimum atomic E-state index is -1.08. The summed E-state index contributed by atoms with van der Waals surface area (Å²) < 4.78 is 62.0. The molecule has 6 aliphatic rings. The first-order chi connectivity index (χ1) is 70.5. The normalized spacial score (nSPS) is 18.8. The zero-order chi connectivity index (χ0) is 100. The number of hydrogen-bond acceptors (Lipinski definition) is 25. The van der Waals surface area contributed by atoms with Crippen LogP contribution in [0.2, 0.25) is 0 Å². The number of anilines is 4. The number of halogens is 3. The molecule has 750 valence electrons. The zero-order valence-corrected chi connectivity index (χ0v) is 83.3. The number of nitrogens with zero attached hydrogens (tertiary/aromatic N) is 15. The van der Waals surface area contributed by atoms with Crippen molar-refractivity contribution in [2.45, 2.75) is 124 Å². The zero-order valence-electron chi connectivity index (χ0n) is 81.6. The number of nitrogens with one attached hydrogen (secondary N) is 7. The van der Waals surface area contributed by atoms with E-state index in [4.69, 9.17) is 18.0 Å². The number of carbonyl (C=O) groups excluding carboxylic acids is 6. The monoisotopic (exact) mass is 2000 g/mol. The van der Waals surface area contributed by atoms with E-state index in [1.807, 2.05) is 138 Å². The maximum Gasteiger partial charge on any atom is 0.315 e. The van der Waals surface area contributed by atoms with Gasteiger partial charge in [0.2, 0.25) is 59.0 Å².